The van der Waals surface area contributed by atoms with E-state index in [1.807, 2.05) is 6.92 Å². The van der Waals surface area contributed by atoms with Gasteiger partial charge in [0.1, 0.15) is 12.3 Å². The summed E-state index contributed by atoms with van der Waals surface area (Å²) in [6.45, 7) is 1.65. The molecule has 35 heavy (non-hydrogen) atoms. The standard InChI is InChI=1S/C28H32N2O4S/c1-3-25(23-18-17-21-11-7-8-12-22(21)19-23)29-28(31)20-30(26-15-9-10-16-27(26)34-2)35(32,33)24-13-5-4-6-14-24/h4-6,9-10,13-19,25H,3,7-8,11-12,20H2,1-2H3,(H,29,31). The van der Waals surface area contributed by atoms with Crippen LogP contribution < -0.4 is 14.4 Å². The van der Waals surface area contributed by atoms with Gasteiger partial charge in [0.25, 0.3) is 10.0 Å². The molecule has 1 unspecified atom stereocenters. The lowest BCUT2D eigenvalue weighted by Crippen LogP contribution is -2.42. The Morgan fingerprint density at radius 2 is 1.66 bits per heavy atom. The molecule has 4 rings (SSSR count). The molecule has 184 valence electrons. The molecule has 0 fully saturated rings. The molecule has 1 aliphatic carbocycles. The third kappa shape index (κ3) is 5.51. The van der Waals surface area contributed by atoms with Crippen molar-refractivity contribution in [2.24, 2.45) is 0 Å². The maximum absolute atomic E-state index is 13.6. The molecule has 0 aliphatic heterocycles. The maximum Gasteiger partial charge on any atom is 0.264 e. The second-order valence-corrected chi connectivity index (χ2v) is 10.6. The number of rotatable bonds is 9. The molecule has 0 radical (unpaired) electrons. The molecule has 1 aliphatic rings. The molecule has 7 heteroatoms. The number of ether oxygens (including phenoxy) is 1. The number of benzene rings is 3. The summed E-state index contributed by atoms with van der Waals surface area (Å²) < 4.78 is 33.8. The summed E-state index contributed by atoms with van der Waals surface area (Å²) >= 11 is 0. The Morgan fingerprint density at radius 3 is 2.37 bits per heavy atom. The predicted octanol–water partition coefficient (Wildman–Crippen LogP) is 5.04. The van der Waals surface area contributed by atoms with Crippen LogP contribution in [0, 0.1) is 0 Å². The number of nitrogens with one attached hydrogen (secondary N) is 1. The second kappa shape index (κ2) is 11.0. The molecule has 1 amide bonds. The van der Waals surface area contributed by atoms with Crippen LogP contribution in [0.1, 0.15) is 48.9 Å². The number of carbonyl (C=O) groups excluding carboxylic acids is 1. The lowest BCUT2D eigenvalue weighted by molar-refractivity contribution is -0.120. The minimum absolute atomic E-state index is 0.112. The molecule has 0 heterocycles. The van der Waals surface area contributed by atoms with Gasteiger partial charge in [0.15, 0.2) is 0 Å². The number of hydrogen-bond acceptors (Lipinski definition) is 4. The second-order valence-electron chi connectivity index (χ2n) is 8.76. The Kier molecular flexibility index (Phi) is 7.76. The van der Waals surface area contributed by atoms with Crippen molar-refractivity contribution in [3.05, 3.63) is 89.5 Å². The van der Waals surface area contributed by atoms with Crippen LogP contribution in [0.3, 0.4) is 0 Å². The van der Waals surface area contributed by atoms with Crippen molar-refractivity contribution in [1.82, 2.24) is 5.32 Å². The highest BCUT2D eigenvalue weighted by atomic mass is 32.2. The molecule has 0 bridgehead atoms. The van der Waals surface area contributed by atoms with Gasteiger partial charge in [0.2, 0.25) is 5.91 Å². The number of aryl methyl sites for hydroxylation is 2. The first-order chi connectivity index (χ1) is 16.9. The Labute approximate surface area is 208 Å². The Hall–Kier alpha value is -3.32. The summed E-state index contributed by atoms with van der Waals surface area (Å²) in [6, 6.07) is 21.2. The van der Waals surface area contributed by atoms with Crippen LogP contribution in [0.15, 0.2) is 77.7 Å². The molecule has 6 nitrogen and oxygen atoms in total. The van der Waals surface area contributed by atoms with Crippen molar-refractivity contribution in [1.29, 1.82) is 0 Å². The molecule has 0 aromatic heterocycles. The van der Waals surface area contributed by atoms with E-state index in [-0.39, 0.29) is 23.4 Å². The first-order valence-electron chi connectivity index (χ1n) is 12.1. The lowest BCUT2D eigenvalue weighted by Gasteiger charge is -2.27. The number of amides is 1. The number of para-hydroxylation sites is 2. The summed E-state index contributed by atoms with van der Waals surface area (Å²) in [4.78, 5) is 13.4. The van der Waals surface area contributed by atoms with Gasteiger partial charge in [-0.2, -0.15) is 0 Å². The highest BCUT2D eigenvalue weighted by molar-refractivity contribution is 7.92. The number of sulfonamides is 1. The van der Waals surface area contributed by atoms with E-state index >= 15 is 0 Å². The van der Waals surface area contributed by atoms with Crippen LogP contribution in [0.4, 0.5) is 5.69 Å². The van der Waals surface area contributed by atoms with Gasteiger partial charge in [-0.3, -0.25) is 9.10 Å². The quantitative estimate of drug-likeness (QED) is 0.454. The molecule has 0 saturated carbocycles. The van der Waals surface area contributed by atoms with Crippen molar-refractivity contribution in [3.8, 4) is 5.75 Å². The molecular weight excluding hydrogens is 460 g/mol. The topological polar surface area (TPSA) is 75.7 Å². The van der Waals surface area contributed by atoms with Crippen molar-refractivity contribution >= 4 is 21.6 Å². The molecule has 0 spiro atoms. The molecule has 3 aromatic rings. The summed E-state index contributed by atoms with van der Waals surface area (Å²) in [6.07, 6.45) is 5.26. The van der Waals surface area contributed by atoms with Gasteiger partial charge in [-0.15, -0.1) is 0 Å². The van der Waals surface area contributed by atoms with E-state index < -0.39 is 10.0 Å². The molecule has 0 saturated heterocycles. The largest absolute Gasteiger partial charge is 0.495 e. The van der Waals surface area contributed by atoms with Gasteiger partial charge in [0.05, 0.1) is 23.7 Å². The van der Waals surface area contributed by atoms with Gasteiger partial charge in [-0.1, -0.05) is 55.5 Å². The minimum Gasteiger partial charge on any atom is -0.495 e. The summed E-state index contributed by atoms with van der Waals surface area (Å²) in [5.41, 5.74) is 4.10. The van der Waals surface area contributed by atoms with E-state index in [4.69, 9.17) is 4.74 Å². The van der Waals surface area contributed by atoms with Crippen molar-refractivity contribution in [2.45, 2.75) is 50.0 Å². The highest BCUT2D eigenvalue weighted by Gasteiger charge is 2.30. The van der Waals surface area contributed by atoms with Crippen LogP contribution in [0.2, 0.25) is 0 Å². The van der Waals surface area contributed by atoms with Crippen LogP contribution in [-0.4, -0.2) is 28.0 Å². The van der Waals surface area contributed by atoms with E-state index in [1.165, 1.54) is 43.2 Å². The SMILES string of the molecule is CCC(NC(=O)CN(c1ccccc1OC)S(=O)(=O)c1ccccc1)c1ccc2c(c1)CCCC2. The third-order valence-corrected chi connectivity index (χ3v) is 8.26. The van der Waals surface area contributed by atoms with Gasteiger partial charge < -0.3 is 10.1 Å². The zero-order valence-corrected chi connectivity index (χ0v) is 21.1. The van der Waals surface area contributed by atoms with Gasteiger partial charge in [-0.25, -0.2) is 8.42 Å². The average molecular weight is 493 g/mol. The number of fused-ring (bicyclic) bond motifs is 1. The number of carbonyl (C=O) groups is 1. The fourth-order valence-electron chi connectivity index (χ4n) is 4.62. The number of hydrogen-bond donors (Lipinski definition) is 1. The Morgan fingerprint density at radius 1 is 0.971 bits per heavy atom. The fraction of sp³-hybridized carbons (Fsp3) is 0.321. The zero-order chi connectivity index (χ0) is 24.8. The maximum atomic E-state index is 13.6. The monoisotopic (exact) mass is 492 g/mol. The van der Waals surface area contributed by atoms with E-state index in [0.717, 1.165) is 22.7 Å². The summed E-state index contributed by atoms with van der Waals surface area (Å²) in [5.74, 6) is 0.00141. The summed E-state index contributed by atoms with van der Waals surface area (Å²) in [7, 11) is -2.53. The van der Waals surface area contributed by atoms with Crippen LogP contribution in [0.5, 0.6) is 5.75 Å². The Balaban J connectivity index is 1.62. The predicted molar refractivity (Wildman–Crippen MR) is 138 cm³/mol. The van der Waals surface area contributed by atoms with E-state index in [2.05, 4.69) is 23.5 Å². The highest BCUT2D eigenvalue weighted by Crippen LogP contribution is 2.32. The van der Waals surface area contributed by atoms with Crippen molar-refractivity contribution in [2.75, 3.05) is 18.0 Å². The van der Waals surface area contributed by atoms with Crippen molar-refractivity contribution < 1.29 is 17.9 Å². The number of nitrogens with zero attached hydrogens (tertiary/aromatic N) is 1. The lowest BCUT2D eigenvalue weighted by atomic mass is 9.89. The molecular formula is C28H32N2O4S. The average Bonchev–Trinajstić information content (AvgIpc) is 2.90. The number of methoxy groups -OCH3 is 1. The minimum atomic E-state index is -4.01. The first kappa shape index (κ1) is 24.8. The fourth-order valence-corrected chi connectivity index (χ4v) is 6.07. The molecule has 1 atom stereocenters. The molecule has 3 aromatic carbocycles. The normalized spacial score (nSPS) is 14.0. The van der Waals surface area contributed by atoms with Gasteiger partial charge in [-0.05, 0) is 73.1 Å². The third-order valence-electron chi connectivity index (χ3n) is 6.49. The first-order valence-corrected chi connectivity index (χ1v) is 13.5. The summed E-state index contributed by atoms with van der Waals surface area (Å²) in [5, 5.41) is 3.07. The van der Waals surface area contributed by atoms with E-state index in [1.54, 1.807) is 42.5 Å². The van der Waals surface area contributed by atoms with Gasteiger partial charge in [0, 0.05) is 0 Å². The number of anilines is 1. The van der Waals surface area contributed by atoms with Crippen LogP contribution in [0.25, 0.3) is 0 Å². The van der Waals surface area contributed by atoms with Crippen LogP contribution in [-0.2, 0) is 27.7 Å². The molecule has 1 N–H and O–H groups in total. The van der Waals surface area contributed by atoms with E-state index in [0.29, 0.717) is 17.9 Å². The Bertz CT molecular complexity index is 1280. The van der Waals surface area contributed by atoms with Crippen LogP contribution >= 0.6 is 0 Å². The van der Waals surface area contributed by atoms with Crippen molar-refractivity contribution in [3.63, 3.8) is 0 Å². The van der Waals surface area contributed by atoms with E-state index in [9.17, 15) is 13.2 Å². The zero-order valence-electron chi connectivity index (χ0n) is 20.2. The smallest absolute Gasteiger partial charge is 0.264 e. The van der Waals surface area contributed by atoms with Gasteiger partial charge >= 0.3 is 0 Å².